The fourth-order valence-electron chi connectivity index (χ4n) is 18.7. The Balaban J connectivity index is 0.000000216. The molecule has 14 nitrogen and oxygen atoms in total. The van der Waals surface area contributed by atoms with E-state index in [-0.39, 0.29) is 53.6 Å². The first-order valence-electron chi connectivity index (χ1n) is 47.9. The number of unbranched alkanes of at least 4 members (excludes halogenated alkanes) is 27. The van der Waals surface area contributed by atoms with Gasteiger partial charge < -0.3 is 47.3 Å². The van der Waals surface area contributed by atoms with Gasteiger partial charge in [0.1, 0.15) is 5.84 Å². The molecule has 2 saturated carbocycles. The van der Waals surface area contributed by atoms with Crippen molar-refractivity contribution in [3.63, 3.8) is 0 Å². The first-order valence-corrected chi connectivity index (χ1v) is 47.9. The molecule has 10 rings (SSSR count). The van der Waals surface area contributed by atoms with E-state index in [2.05, 4.69) is 82.1 Å². The van der Waals surface area contributed by atoms with Crippen molar-refractivity contribution < 1.29 is 23.9 Å². The number of carbonyl (C=O) groups excluding carboxylic acids is 4. The van der Waals surface area contributed by atoms with Crippen LogP contribution in [0.25, 0.3) is 0 Å². The normalized spacial score (nSPS) is 18.2. The second kappa shape index (κ2) is 57.9. The van der Waals surface area contributed by atoms with Gasteiger partial charge in [-0.2, -0.15) is 0 Å². The molecule has 117 heavy (non-hydrogen) atoms. The smallest absolute Gasteiger partial charge is 0.254 e. The van der Waals surface area contributed by atoms with Gasteiger partial charge in [-0.15, -0.1) is 0 Å². The third-order valence-electron chi connectivity index (χ3n) is 26.0. The summed E-state index contributed by atoms with van der Waals surface area (Å²) < 4.78 is 5.89. The Morgan fingerprint density at radius 3 is 0.846 bits per heavy atom. The van der Waals surface area contributed by atoms with E-state index in [4.69, 9.17) is 33.1 Å². The van der Waals surface area contributed by atoms with Crippen molar-refractivity contribution in [3.8, 4) is 0 Å². The lowest BCUT2D eigenvalue weighted by molar-refractivity contribution is 0.0747. The molecule has 650 valence electrons. The maximum absolute atomic E-state index is 12.8. The molecule has 14 heteroatoms. The van der Waals surface area contributed by atoms with Gasteiger partial charge in [0.05, 0.1) is 24.2 Å². The fraction of sp³-hybridized carbons (Fsp3) is 0.660. The first kappa shape index (κ1) is 96.9. The molecule has 9 N–H and O–H groups in total. The summed E-state index contributed by atoms with van der Waals surface area (Å²) in [4.78, 5) is 58.4. The van der Waals surface area contributed by atoms with Crippen LogP contribution in [0.2, 0.25) is 0 Å². The number of aryl methyl sites for hydroxylation is 4. The van der Waals surface area contributed by atoms with E-state index in [9.17, 15) is 19.2 Å². The quantitative estimate of drug-likeness (QED) is 0.0161. The second-order valence-electron chi connectivity index (χ2n) is 35.7. The van der Waals surface area contributed by atoms with Crippen molar-refractivity contribution in [1.29, 1.82) is 5.41 Å². The molecule has 4 amide bonds. The van der Waals surface area contributed by atoms with Crippen molar-refractivity contribution >= 4 is 29.5 Å². The number of benzene rings is 4. The largest absolute Gasteiger partial charge is 0.401 e. The standard InChI is InChI=1S/C27H43N3O.C27H42N2O2.C25H40N2O.C24H38N2O/c28-26(29)25-16-11-21-30(25)27(31)24-19-17-23(18-20-24)15-8-5-3-1-2-4-7-12-22-13-9-6-10-14-22;1-22(28)26-14-10-19-29(26)27(30)25-17-15-23(16-18-25)11-6-3-2-4-9-20-31-21-24-12-7-5-8-13-24;1-3-4-5-6-7-8-9-10-11-12-14-22-16-18-23(19-17-22)25(28)27-20-13-15-24(27)21(2)26;1-3-4-5-6-7-8-9-10-11-13-21-15-17-22(18-16-21)24(27)26-19-12-14-23(26)20(2)25/h17-20,22,25H,1-16,21H2,(H3,28,29);15-18,24,26H,1-14,19-21,28H2;16-19,24H,2-15,20,26H2,1H3;15-18,23H,2-14,19,25H2,1H3. The summed E-state index contributed by atoms with van der Waals surface area (Å²) in [7, 11) is 0. The molecule has 4 heterocycles. The van der Waals surface area contributed by atoms with Gasteiger partial charge in [0.15, 0.2) is 0 Å². The van der Waals surface area contributed by atoms with E-state index in [1.165, 1.54) is 292 Å². The van der Waals surface area contributed by atoms with Gasteiger partial charge in [-0.05, 0) is 205 Å². The van der Waals surface area contributed by atoms with Crippen molar-refractivity contribution in [2.75, 3.05) is 39.4 Å². The van der Waals surface area contributed by atoms with Crippen LogP contribution in [-0.2, 0) is 30.4 Å². The molecule has 2 aliphatic carbocycles. The van der Waals surface area contributed by atoms with E-state index >= 15 is 0 Å². The summed E-state index contributed by atoms with van der Waals surface area (Å²) in [6, 6.07) is 32.3. The molecule has 4 atom stereocenters. The van der Waals surface area contributed by atoms with E-state index < -0.39 is 0 Å². The topological polar surface area (TPSA) is 218 Å². The number of rotatable bonds is 49. The third kappa shape index (κ3) is 36.7. The summed E-state index contributed by atoms with van der Waals surface area (Å²) in [5.41, 5.74) is 33.3. The van der Waals surface area contributed by atoms with Crippen LogP contribution >= 0.6 is 0 Å². The number of nitrogens with one attached hydrogen (secondary N) is 1. The predicted molar refractivity (Wildman–Crippen MR) is 492 cm³/mol. The SMILES string of the molecule is C=C(N)C1CCCN1C(=O)c1ccc(CCCCCCCCCCC)cc1.C=C(N)C1CCCN1C(=O)c1ccc(CCCCCCCCCCCC)cc1.C=C(N)C1CCCN1C(=O)c1ccc(CCCCCCCOCC2CCCCC2)cc1.N=C(N)C1CCCN1C(=O)c1ccc(CCCCCCCCCC2CCCCC2)cc1. The molecule has 4 unspecified atom stereocenters. The van der Waals surface area contributed by atoms with E-state index in [0.717, 1.165) is 138 Å². The molecule has 4 saturated heterocycles. The van der Waals surface area contributed by atoms with Crippen LogP contribution in [0.1, 0.15) is 399 Å². The highest BCUT2D eigenvalue weighted by Crippen LogP contribution is 2.31. The average molecular weight is 1610 g/mol. The van der Waals surface area contributed by atoms with Crippen LogP contribution < -0.4 is 22.9 Å². The molecule has 4 aliphatic heterocycles. The monoisotopic (exact) mass is 1610 g/mol. The van der Waals surface area contributed by atoms with Crippen LogP contribution in [0.4, 0.5) is 0 Å². The van der Waals surface area contributed by atoms with E-state index in [1.807, 2.05) is 63.2 Å². The van der Waals surface area contributed by atoms with Crippen LogP contribution in [0.5, 0.6) is 0 Å². The molecule has 0 bridgehead atoms. The maximum atomic E-state index is 12.8. The number of likely N-dealkylation sites (tertiary alicyclic amines) is 4. The number of ether oxygens (including phenoxy) is 1. The van der Waals surface area contributed by atoms with Crippen LogP contribution in [-0.4, -0.2) is 113 Å². The number of nitrogens with two attached hydrogens (primary N) is 4. The van der Waals surface area contributed by atoms with E-state index in [1.54, 1.807) is 4.90 Å². The highest BCUT2D eigenvalue weighted by atomic mass is 16.5. The van der Waals surface area contributed by atoms with Crippen LogP contribution in [0, 0.1) is 17.2 Å². The van der Waals surface area contributed by atoms with Crippen LogP contribution in [0.15, 0.2) is 134 Å². The zero-order valence-electron chi connectivity index (χ0n) is 73.9. The van der Waals surface area contributed by atoms with Gasteiger partial charge in [0.2, 0.25) is 0 Å². The minimum atomic E-state index is -0.223. The van der Waals surface area contributed by atoms with Gasteiger partial charge in [-0.25, -0.2) is 0 Å². The zero-order chi connectivity index (χ0) is 83.5. The summed E-state index contributed by atoms with van der Waals surface area (Å²) in [6.07, 6.45) is 69.3. The molecular weight excluding hydrogens is 1440 g/mol. The molecular formula is C103H163N9O5. The maximum Gasteiger partial charge on any atom is 0.254 e. The van der Waals surface area contributed by atoms with Gasteiger partial charge in [0.25, 0.3) is 23.6 Å². The Hall–Kier alpha value is -7.19. The average Bonchev–Trinajstić information content (AvgIpc) is 1.76. The summed E-state index contributed by atoms with van der Waals surface area (Å²) in [5, 5.41) is 7.70. The van der Waals surface area contributed by atoms with Gasteiger partial charge in [-0.1, -0.05) is 307 Å². The Morgan fingerprint density at radius 1 is 0.316 bits per heavy atom. The predicted octanol–water partition coefficient (Wildman–Crippen LogP) is 24.4. The Kier molecular flexibility index (Phi) is 48.0. The number of nitrogens with zero attached hydrogens (tertiary/aromatic N) is 4. The van der Waals surface area contributed by atoms with Crippen molar-refractivity contribution in [3.05, 3.63) is 178 Å². The molecule has 0 spiro atoms. The Labute approximate surface area is 711 Å². The lowest BCUT2D eigenvalue weighted by Gasteiger charge is -2.24. The van der Waals surface area contributed by atoms with Gasteiger partial charge in [0, 0.05) is 78.7 Å². The van der Waals surface area contributed by atoms with Crippen molar-refractivity contribution in [2.24, 2.45) is 34.8 Å². The number of hydrogen-bond donors (Lipinski definition) is 5. The second-order valence-corrected chi connectivity index (χ2v) is 35.7. The van der Waals surface area contributed by atoms with Gasteiger partial charge in [-0.3, -0.25) is 24.6 Å². The lowest BCUT2D eigenvalue weighted by atomic mass is 9.85. The number of amides is 4. The molecule has 0 aromatic heterocycles. The highest BCUT2D eigenvalue weighted by Gasteiger charge is 2.34. The molecule has 0 radical (unpaired) electrons. The minimum Gasteiger partial charge on any atom is -0.401 e. The summed E-state index contributed by atoms with van der Waals surface area (Å²) in [5.74, 6) is 2.22. The number of carbonyl (C=O) groups is 4. The van der Waals surface area contributed by atoms with Gasteiger partial charge >= 0.3 is 0 Å². The molecule has 6 aliphatic rings. The fourth-order valence-corrected chi connectivity index (χ4v) is 18.7. The summed E-state index contributed by atoms with van der Waals surface area (Å²) >= 11 is 0. The first-order chi connectivity index (χ1) is 57.1. The third-order valence-corrected chi connectivity index (χ3v) is 26.0. The molecule has 6 fully saturated rings. The Morgan fingerprint density at radius 2 is 0.564 bits per heavy atom. The zero-order valence-corrected chi connectivity index (χ0v) is 73.9. The van der Waals surface area contributed by atoms with Crippen molar-refractivity contribution in [2.45, 2.75) is 385 Å². The number of amidine groups is 1. The number of hydrogen-bond acceptors (Lipinski definition) is 9. The van der Waals surface area contributed by atoms with Crippen LogP contribution in [0.3, 0.4) is 0 Å². The van der Waals surface area contributed by atoms with Crippen molar-refractivity contribution in [1.82, 2.24) is 19.6 Å². The lowest BCUT2D eigenvalue weighted by Crippen LogP contribution is -2.43. The Bertz CT molecular complexity index is 3310. The highest BCUT2D eigenvalue weighted by molar-refractivity contribution is 5.98. The minimum absolute atomic E-state index is 0.000788. The summed E-state index contributed by atoms with van der Waals surface area (Å²) in [6.45, 7) is 21.0. The molecule has 4 aromatic carbocycles. The van der Waals surface area contributed by atoms with E-state index in [0.29, 0.717) is 29.2 Å². The molecule has 4 aromatic rings.